The summed E-state index contributed by atoms with van der Waals surface area (Å²) in [6.07, 6.45) is 2.08. The van der Waals surface area contributed by atoms with Crippen LogP contribution in [0.4, 0.5) is 5.95 Å². The topological polar surface area (TPSA) is 83.5 Å². The zero-order valence-corrected chi connectivity index (χ0v) is 17.6. The second-order valence-corrected chi connectivity index (χ2v) is 9.22. The number of benzene rings is 2. The lowest BCUT2D eigenvalue weighted by molar-refractivity contribution is 0.0991. The van der Waals surface area contributed by atoms with Gasteiger partial charge < -0.3 is 0 Å². The molecule has 1 aromatic heterocycles. The third-order valence-electron chi connectivity index (χ3n) is 5.14. The smallest absolute Gasteiger partial charge is 0.260 e. The molecule has 7 nitrogen and oxygen atoms in total. The summed E-state index contributed by atoms with van der Waals surface area (Å²) in [5, 5.41) is 0. The largest absolute Gasteiger partial charge is 0.280 e. The molecule has 0 aliphatic carbocycles. The number of amides is 1. The molecule has 0 radical (unpaired) electrons. The number of fused-ring (bicyclic) bond motifs is 1. The minimum Gasteiger partial charge on any atom is -0.280 e. The number of hydrogen-bond acceptors (Lipinski definition) is 5. The van der Waals surface area contributed by atoms with Gasteiger partial charge in [-0.25, -0.2) is 18.4 Å². The Bertz CT molecular complexity index is 1200. The molecule has 0 atom stereocenters. The van der Waals surface area contributed by atoms with Crippen molar-refractivity contribution in [1.82, 2.24) is 14.3 Å². The molecular weight excluding hydrogens is 400 g/mol. The summed E-state index contributed by atoms with van der Waals surface area (Å²) >= 11 is 0. The zero-order chi connectivity index (χ0) is 21.3. The van der Waals surface area contributed by atoms with Crippen LogP contribution in [0.25, 0.3) is 0 Å². The second kappa shape index (κ2) is 7.97. The first-order valence-electron chi connectivity index (χ1n) is 9.61. The Morgan fingerprint density at radius 1 is 1.10 bits per heavy atom. The summed E-state index contributed by atoms with van der Waals surface area (Å²) in [4.78, 5) is 23.2. The van der Waals surface area contributed by atoms with E-state index in [0.29, 0.717) is 24.5 Å². The third-order valence-corrected chi connectivity index (χ3v) is 6.98. The minimum atomic E-state index is -3.59. The van der Waals surface area contributed by atoms with Gasteiger partial charge >= 0.3 is 0 Å². The van der Waals surface area contributed by atoms with E-state index in [1.807, 2.05) is 19.1 Å². The Morgan fingerprint density at radius 3 is 2.60 bits per heavy atom. The molecule has 1 aliphatic heterocycles. The number of aryl methyl sites for hydroxylation is 1. The van der Waals surface area contributed by atoms with Crippen molar-refractivity contribution in [3.63, 3.8) is 0 Å². The van der Waals surface area contributed by atoms with Crippen LogP contribution >= 0.6 is 0 Å². The highest BCUT2D eigenvalue weighted by Gasteiger charge is 2.30. The summed E-state index contributed by atoms with van der Waals surface area (Å²) in [6.45, 7) is 2.41. The lowest BCUT2D eigenvalue weighted by atomic mass is 10.1. The van der Waals surface area contributed by atoms with Gasteiger partial charge in [0.25, 0.3) is 5.91 Å². The van der Waals surface area contributed by atoms with Crippen LogP contribution in [0.5, 0.6) is 0 Å². The maximum absolute atomic E-state index is 13.0. The van der Waals surface area contributed by atoms with Gasteiger partial charge in [-0.1, -0.05) is 30.3 Å². The van der Waals surface area contributed by atoms with Gasteiger partial charge in [-0.05, 0) is 36.8 Å². The summed E-state index contributed by atoms with van der Waals surface area (Å²) in [5.74, 6) is 0.104. The van der Waals surface area contributed by atoms with Gasteiger partial charge in [-0.15, -0.1) is 0 Å². The number of carbonyl (C=O) groups is 1. The van der Waals surface area contributed by atoms with Crippen molar-refractivity contribution in [2.24, 2.45) is 0 Å². The molecule has 154 valence electrons. The van der Waals surface area contributed by atoms with Crippen LogP contribution < -0.4 is 4.90 Å². The first kappa shape index (κ1) is 20.2. The minimum absolute atomic E-state index is 0.199. The number of anilines is 1. The van der Waals surface area contributed by atoms with Gasteiger partial charge in [0.15, 0.2) is 0 Å². The average molecular weight is 423 g/mol. The van der Waals surface area contributed by atoms with Gasteiger partial charge in [0, 0.05) is 43.9 Å². The second-order valence-electron chi connectivity index (χ2n) is 7.28. The van der Waals surface area contributed by atoms with Crippen LogP contribution in [0.1, 0.15) is 27.2 Å². The lowest BCUT2D eigenvalue weighted by Gasteiger charge is -2.28. The fraction of sp³-hybridized carbons (Fsp3) is 0.227. The van der Waals surface area contributed by atoms with E-state index in [4.69, 9.17) is 0 Å². The third kappa shape index (κ3) is 3.83. The molecule has 2 heterocycles. The van der Waals surface area contributed by atoms with Gasteiger partial charge in [0.1, 0.15) is 0 Å². The van der Waals surface area contributed by atoms with E-state index < -0.39 is 10.0 Å². The van der Waals surface area contributed by atoms with E-state index in [1.165, 1.54) is 9.21 Å². The van der Waals surface area contributed by atoms with Gasteiger partial charge in [0.2, 0.25) is 16.0 Å². The number of sulfonamides is 1. The molecular formula is C22H22N4O3S. The number of aromatic nitrogens is 2. The molecule has 4 rings (SSSR count). The van der Waals surface area contributed by atoms with E-state index in [2.05, 4.69) is 9.97 Å². The van der Waals surface area contributed by atoms with Crippen LogP contribution in [0.3, 0.4) is 0 Å². The first-order chi connectivity index (χ1) is 14.4. The summed E-state index contributed by atoms with van der Waals surface area (Å²) < 4.78 is 27.5. The lowest BCUT2D eigenvalue weighted by Crippen LogP contribution is -2.37. The predicted octanol–water partition coefficient (Wildman–Crippen LogP) is 2.81. The SMILES string of the molecule is Cc1cccc(S(=O)(=O)N2CCc3nc(N(C)C(=O)c4ccccc4)ncc3C2)c1. The van der Waals surface area contributed by atoms with Crippen molar-refractivity contribution >= 4 is 21.9 Å². The molecule has 1 amide bonds. The Hall–Kier alpha value is -3.10. The van der Waals surface area contributed by atoms with Crippen molar-refractivity contribution in [1.29, 1.82) is 0 Å². The molecule has 30 heavy (non-hydrogen) atoms. The molecule has 0 bridgehead atoms. The normalized spacial score (nSPS) is 14.2. The van der Waals surface area contributed by atoms with Crippen molar-refractivity contribution in [3.8, 4) is 0 Å². The molecule has 1 aliphatic rings. The monoisotopic (exact) mass is 422 g/mol. The van der Waals surface area contributed by atoms with Crippen LogP contribution in [0.2, 0.25) is 0 Å². The highest BCUT2D eigenvalue weighted by Crippen LogP contribution is 2.25. The Kier molecular flexibility index (Phi) is 5.36. The van der Waals surface area contributed by atoms with Crippen molar-refractivity contribution in [2.45, 2.75) is 24.8 Å². The number of hydrogen-bond donors (Lipinski definition) is 0. The number of carbonyl (C=O) groups excluding carboxylic acids is 1. The maximum atomic E-state index is 13.0. The van der Waals surface area contributed by atoms with Crippen LogP contribution in [-0.4, -0.2) is 42.2 Å². The van der Waals surface area contributed by atoms with Crippen LogP contribution in [0.15, 0.2) is 65.7 Å². The number of nitrogens with zero attached hydrogens (tertiary/aromatic N) is 4. The fourth-order valence-corrected chi connectivity index (χ4v) is 4.96. The molecule has 0 unspecified atom stereocenters. The van der Waals surface area contributed by atoms with E-state index in [-0.39, 0.29) is 17.3 Å². The predicted molar refractivity (Wildman–Crippen MR) is 114 cm³/mol. The standard InChI is InChI=1S/C22H22N4O3S/c1-16-7-6-10-19(13-16)30(28,29)26-12-11-20-18(15-26)14-23-22(24-20)25(2)21(27)17-8-4-3-5-9-17/h3-10,13-14H,11-12,15H2,1-2H3. The summed E-state index contributed by atoms with van der Waals surface area (Å²) in [5.41, 5.74) is 2.97. The highest BCUT2D eigenvalue weighted by molar-refractivity contribution is 7.89. The van der Waals surface area contributed by atoms with Gasteiger partial charge in [-0.3, -0.25) is 9.69 Å². The van der Waals surface area contributed by atoms with E-state index in [0.717, 1.165) is 16.8 Å². The molecule has 0 fully saturated rings. The number of rotatable bonds is 4. The van der Waals surface area contributed by atoms with Crippen molar-refractivity contribution in [2.75, 3.05) is 18.5 Å². The summed E-state index contributed by atoms with van der Waals surface area (Å²) in [6, 6.07) is 15.8. The average Bonchev–Trinajstić information content (AvgIpc) is 2.78. The molecule has 0 N–H and O–H groups in total. The summed E-state index contributed by atoms with van der Waals surface area (Å²) in [7, 11) is -1.96. The van der Waals surface area contributed by atoms with Crippen LogP contribution in [0, 0.1) is 6.92 Å². The first-order valence-corrected chi connectivity index (χ1v) is 11.0. The van der Waals surface area contributed by atoms with E-state index in [1.54, 1.807) is 55.7 Å². The van der Waals surface area contributed by atoms with Crippen molar-refractivity contribution < 1.29 is 13.2 Å². The van der Waals surface area contributed by atoms with Gasteiger partial charge in [-0.2, -0.15) is 4.31 Å². The highest BCUT2D eigenvalue weighted by atomic mass is 32.2. The Morgan fingerprint density at radius 2 is 1.87 bits per heavy atom. The van der Waals surface area contributed by atoms with Crippen molar-refractivity contribution in [3.05, 3.63) is 83.2 Å². The van der Waals surface area contributed by atoms with Gasteiger partial charge in [0.05, 0.1) is 10.6 Å². The quantitative estimate of drug-likeness (QED) is 0.646. The van der Waals surface area contributed by atoms with Crippen LogP contribution in [-0.2, 0) is 23.0 Å². The Balaban J connectivity index is 1.56. The fourth-order valence-electron chi connectivity index (χ4n) is 3.44. The molecule has 0 spiro atoms. The van der Waals surface area contributed by atoms with E-state index in [9.17, 15) is 13.2 Å². The zero-order valence-electron chi connectivity index (χ0n) is 16.8. The Labute approximate surface area is 176 Å². The molecule has 0 saturated carbocycles. The molecule has 8 heteroatoms. The molecule has 2 aromatic carbocycles. The maximum Gasteiger partial charge on any atom is 0.260 e. The molecule has 3 aromatic rings. The molecule has 0 saturated heterocycles. The van der Waals surface area contributed by atoms with E-state index >= 15 is 0 Å².